The van der Waals surface area contributed by atoms with E-state index in [-0.39, 0.29) is 18.4 Å². The van der Waals surface area contributed by atoms with E-state index >= 15 is 0 Å². The zero-order valence-corrected chi connectivity index (χ0v) is 21.2. The molecule has 36 heavy (non-hydrogen) atoms. The molecule has 1 fully saturated rings. The molecule has 1 N–H and O–H groups in total. The second-order valence-electron chi connectivity index (χ2n) is 8.05. The van der Waals surface area contributed by atoms with Gasteiger partial charge in [0.15, 0.2) is 23.3 Å². The lowest BCUT2D eigenvalue weighted by molar-refractivity contribution is -0.121. The number of nitrogens with zero attached hydrogens (tertiary/aromatic N) is 2. The zero-order valence-electron chi connectivity index (χ0n) is 20.4. The number of thioether (sulfide) groups is 1. The Labute approximate surface area is 214 Å². The van der Waals surface area contributed by atoms with Crippen molar-refractivity contribution in [3.63, 3.8) is 0 Å². The fourth-order valence-corrected chi connectivity index (χ4v) is 4.38. The molecule has 1 heterocycles. The summed E-state index contributed by atoms with van der Waals surface area (Å²) in [6.45, 7) is 4.16. The summed E-state index contributed by atoms with van der Waals surface area (Å²) in [4.78, 5) is 31.8. The number of amidine groups is 1. The quantitative estimate of drug-likeness (QED) is 0.404. The standard InChI is InChI=1S/C28H27N3O4S/c1-4-34-24-16-20(12-15-23(24)35-18-26(32)29-21-8-6-5-7-9-21)17-25-27(33)31(3)28(36-25)30-22-13-10-19(2)11-14-22/h5-17H,4,18H2,1-3H3,(H,29,32)/b25-17+,30-28?. The summed E-state index contributed by atoms with van der Waals surface area (Å²) >= 11 is 1.32. The van der Waals surface area contributed by atoms with E-state index in [4.69, 9.17) is 9.47 Å². The van der Waals surface area contributed by atoms with E-state index in [1.54, 1.807) is 30.2 Å². The third kappa shape index (κ3) is 6.34. The Morgan fingerprint density at radius 1 is 1.03 bits per heavy atom. The van der Waals surface area contributed by atoms with Crippen LogP contribution in [0.3, 0.4) is 0 Å². The SMILES string of the molecule is CCOc1cc(/C=C2/SC(=Nc3ccc(C)cc3)N(C)C2=O)ccc1OCC(=O)Nc1ccccc1. The zero-order chi connectivity index (χ0) is 25.5. The van der Waals surface area contributed by atoms with Crippen molar-refractivity contribution in [3.8, 4) is 11.5 Å². The number of rotatable bonds is 8. The lowest BCUT2D eigenvalue weighted by Crippen LogP contribution is -2.23. The van der Waals surface area contributed by atoms with Gasteiger partial charge in [-0.1, -0.05) is 42.0 Å². The number of aryl methyl sites for hydroxylation is 1. The highest BCUT2D eigenvalue weighted by Crippen LogP contribution is 2.35. The molecule has 0 bridgehead atoms. The van der Waals surface area contributed by atoms with Gasteiger partial charge >= 0.3 is 0 Å². The van der Waals surface area contributed by atoms with E-state index in [0.717, 1.165) is 16.8 Å². The topological polar surface area (TPSA) is 80.2 Å². The Morgan fingerprint density at radius 2 is 1.78 bits per heavy atom. The van der Waals surface area contributed by atoms with Gasteiger partial charge in [-0.05, 0) is 73.6 Å². The van der Waals surface area contributed by atoms with Crippen LogP contribution >= 0.6 is 11.8 Å². The van der Waals surface area contributed by atoms with E-state index in [9.17, 15) is 9.59 Å². The van der Waals surface area contributed by atoms with Crippen molar-refractivity contribution in [1.82, 2.24) is 4.90 Å². The number of benzene rings is 3. The summed E-state index contributed by atoms with van der Waals surface area (Å²) in [5.74, 6) is 0.552. The van der Waals surface area contributed by atoms with Gasteiger partial charge in [0.2, 0.25) is 0 Å². The fourth-order valence-electron chi connectivity index (χ4n) is 3.40. The highest BCUT2D eigenvalue weighted by molar-refractivity contribution is 8.18. The van der Waals surface area contributed by atoms with Crippen LogP contribution in [0.5, 0.6) is 11.5 Å². The van der Waals surface area contributed by atoms with Crippen molar-refractivity contribution >= 4 is 46.2 Å². The van der Waals surface area contributed by atoms with Gasteiger partial charge in [-0.15, -0.1) is 0 Å². The lowest BCUT2D eigenvalue weighted by Gasteiger charge is -2.13. The first-order chi connectivity index (χ1) is 17.4. The van der Waals surface area contributed by atoms with Gasteiger partial charge in [-0.3, -0.25) is 14.5 Å². The number of ether oxygens (including phenoxy) is 2. The van der Waals surface area contributed by atoms with Gasteiger partial charge in [0, 0.05) is 12.7 Å². The van der Waals surface area contributed by atoms with Crippen LogP contribution in [0, 0.1) is 6.92 Å². The summed E-state index contributed by atoms with van der Waals surface area (Å²) in [7, 11) is 1.71. The van der Waals surface area contributed by atoms with Gasteiger partial charge in [0.05, 0.1) is 17.2 Å². The highest BCUT2D eigenvalue weighted by Gasteiger charge is 2.30. The van der Waals surface area contributed by atoms with Crippen LogP contribution in [0.15, 0.2) is 82.7 Å². The number of nitrogens with one attached hydrogen (secondary N) is 1. The monoisotopic (exact) mass is 501 g/mol. The molecular weight excluding hydrogens is 474 g/mol. The van der Waals surface area contributed by atoms with Crippen LogP contribution in [0.1, 0.15) is 18.1 Å². The van der Waals surface area contributed by atoms with Crippen LogP contribution < -0.4 is 14.8 Å². The number of carbonyl (C=O) groups excluding carboxylic acids is 2. The number of aliphatic imine (C=N–C) groups is 1. The number of carbonyl (C=O) groups is 2. The number of anilines is 1. The Kier molecular flexibility index (Phi) is 8.07. The molecule has 7 nitrogen and oxygen atoms in total. The third-order valence-corrected chi connectivity index (χ3v) is 6.30. The molecule has 3 aromatic carbocycles. The Bertz CT molecular complexity index is 1300. The molecule has 0 aliphatic carbocycles. The van der Waals surface area contributed by atoms with Crippen molar-refractivity contribution in [3.05, 3.63) is 88.8 Å². The summed E-state index contributed by atoms with van der Waals surface area (Å²) in [5, 5.41) is 3.40. The van der Waals surface area contributed by atoms with Gasteiger partial charge < -0.3 is 14.8 Å². The summed E-state index contributed by atoms with van der Waals surface area (Å²) in [5.41, 5.74) is 3.42. The molecular formula is C28H27N3O4S. The van der Waals surface area contributed by atoms with E-state index < -0.39 is 0 Å². The Hall–Kier alpha value is -4.04. The van der Waals surface area contributed by atoms with Crippen LogP contribution in [0.4, 0.5) is 11.4 Å². The minimum Gasteiger partial charge on any atom is -0.490 e. The normalized spacial score (nSPS) is 15.4. The maximum atomic E-state index is 12.8. The van der Waals surface area contributed by atoms with Gasteiger partial charge in [-0.25, -0.2) is 4.99 Å². The second-order valence-corrected chi connectivity index (χ2v) is 9.06. The average Bonchev–Trinajstić information content (AvgIpc) is 3.13. The molecule has 1 aliphatic rings. The second kappa shape index (κ2) is 11.6. The molecule has 3 aromatic rings. The van der Waals surface area contributed by atoms with Crippen molar-refractivity contribution < 1.29 is 19.1 Å². The molecule has 0 saturated carbocycles. The van der Waals surface area contributed by atoms with Gasteiger partial charge in [0.25, 0.3) is 11.8 Å². The van der Waals surface area contributed by atoms with Crippen molar-refractivity contribution in [2.75, 3.05) is 25.6 Å². The molecule has 1 saturated heterocycles. The first kappa shape index (κ1) is 25.1. The third-order valence-electron chi connectivity index (χ3n) is 5.24. The predicted octanol–water partition coefficient (Wildman–Crippen LogP) is 5.65. The van der Waals surface area contributed by atoms with Crippen LogP contribution in [-0.4, -0.2) is 42.1 Å². The molecule has 8 heteroatoms. The van der Waals surface area contributed by atoms with E-state index in [0.29, 0.717) is 33.9 Å². The number of amides is 2. The molecule has 0 aromatic heterocycles. The first-order valence-corrected chi connectivity index (χ1v) is 12.3. The van der Waals surface area contributed by atoms with Crippen LogP contribution in [-0.2, 0) is 9.59 Å². The molecule has 0 unspecified atom stereocenters. The molecule has 1 aliphatic heterocycles. The Morgan fingerprint density at radius 3 is 2.50 bits per heavy atom. The molecule has 4 rings (SSSR count). The number of likely N-dealkylation sites (N-methyl/N-ethyl adjacent to an activating group) is 1. The van der Waals surface area contributed by atoms with Crippen molar-refractivity contribution in [2.45, 2.75) is 13.8 Å². The largest absolute Gasteiger partial charge is 0.490 e. The molecule has 0 atom stereocenters. The van der Waals surface area contributed by atoms with E-state index in [1.807, 2.05) is 74.5 Å². The lowest BCUT2D eigenvalue weighted by atomic mass is 10.2. The van der Waals surface area contributed by atoms with Crippen molar-refractivity contribution in [2.24, 2.45) is 4.99 Å². The number of para-hydroxylation sites is 1. The van der Waals surface area contributed by atoms with Crippen LogP contribution in [0.25, 0.3) is 6.08 Å². The number of hydrogen-bond acceptors (Lipinski definition) is 6. The first-order valence-electron chi connectivity index (χ1n) is 11.5. The average molecular weight is 502 g/mol. The molecule has 184 valence electrons. The molecule has 0 spiro atoms. The predicted molar refractivity (Wildman–Crippen MR) is 145 cm³/mol. The maximum absolute atomic E-state index is 12.8. The fraction of sp³-hybridized carbons (Fsp3) is 0.179. The van der Waals surface area contributed by atoms with Crippen LogP contribution in [0.2, 0.25) is 0 Å². The Balaban J connectivity index is 1.47. The maximum Gasteiger partial charge on any atom is 0.266 e. The molecule has 0 radical (unpaired) electrons. The van der Waals surface area contributed by atoms with E-state index in [1.165, 1.54) is 11.8 Å². The summed E-state index contributed by atoms with van der Waals surface area (Å²) < 4.78 is 11.5. The van der Waals surface area contributed by atoms with E-state index in [2.05, 4.69) is 10.3 Å². The smallest absolute Gasteiger partial charge is 0.266 e. The minimum absolute atomic E-state index is 0.123. The minimum atomic E-state index is -0.272. The van der Waals surface area contributed by atoms with Crippen molar-refractivity contribution in [1.29, 1.82) is 0 Å². The summed E-state index contributed by atoms with van der Waals surface area (Å²) in [6.07, 6.45) is 1.80. The highest BCUT2D eigenvalue weighted by atomic mass is 32.2. The number of hydrogen-bond donors (Lipinski definition) is 1. The van der Waals surface area contributed by atoms with Gasteiger partial charge in [0.1, 0.15) is 0 Å². The molecule has 2 amide bonds. The van der Waals surface area contributed by atoms with Gasteiger partial charge in [-0.2, -0.15) is 0 Å². The summed E-state index contributed by atoms with van der Waals surface area (Å²) in [6, 6.07) is 22.4.